The molecule has 1 atom stereocenters. The lowest BCUT2D eigenvalue weighted by molar-refractivity contribution is -0.141. The zero-order valence-corrected chi connectivity index (χ0v) is 18.6. The van der Waals surface area contributed by atoms with Gasteiger partial charge in [-0.2, -0.15) is 0 Å². The topological polar surface area (TPSA) is 64.6 Å². The maximum absolute atomic E-state index is 12.5. The fourth-order valence-electron chi connectivity index (χ4n) is 2.96. The van der Waals surface area contributed by atoms with Crippen molar-refractivity contribution in [3.05, 3.63) is 87.9 Å². The average molecular weight is 438 g/mol. The van der Waals surface area contributed by atoms with Crippen LogP contribution in [0.1, 0.15) is 34.0 Å². The van der Waals surface area contributed by atoms with Crippen molar-refractivity contribution in [3.8, 4) is 11.5 Å². The van der Waals surface area contributed by atoms with Gasteiger partial charge in [-0.25, -0.2) is 4.79 Å². The van der Waals surface area contributed by atoms with Gasteiger partial charge in [0.1, 0.15) is 11.5 Å². The van der Waals surface area contributed by atoms with E-state index in [1.54, 1.807) is 49.4 Å². The van der Waals surface area contributed by atoms with Gasteiger partial charge in [-0.1, -0.05) is 29.3 Å². The molecular formula is C25H24ClNO4. The number of amides is 1. The minimum atomic E-state index is -0.812. The van der Waals surface area contributed by atoms with Crippen molar-refractivity contribution in [1.29, 1.82) is 0 Å². The van der Waals surface area contributed by atoms with Crippen LogP contribution in [-0.2, 0) is 4.79 Å². The summed E-state index contributed by atoms with van der Waals surface area (Å²) >= 11 is 6.01. The van der Waals surface area contributed by atoms with Crippen LogP contribution in [-0.4, -0.2) is 18.0 Å². The van der Waals surface area contributed by atoms with Crippen molar-refractivity contribution in [3.63, 3.8) is 0 Å². The fourth-order valence-corrected chi connectivity index (χ4v) is 3.08. The van der Waals surface area contributed by atoms with Gasteiger partial charge in [0.05, 0.1) is 0 Å². The summed E-state index contributed by atoms with van der Waals surface area (Å²) in [6.45, 7) is 7.41. The van der Waals surface area contributed by atoms with E-state index in [2.05, 4.69) is 5.32 Å². The Hall–Kier alpha value is -3.31. The van der Waals surface area contributed by atoms with Gasteiger partial charge in [0, 0.05) is 16.3 Å². The van der Waals surface area contributed by atoms with Crippen molar-refractivity contribution < 1.29 is 19.1 Å². The number of hydrogen-bond acceptors (Lipinski definition) is 4. The number of carbonyl (C=O) groups is 2. The molecule has 3 rings (SSSR count). The van der Waals surface area contributed by atoms with E-state index in [1.165, 1.54) is 0 Å². The molecule has 1 N–H and O–H groups in total. The third-order valence-electron chi connectivity index (χ3n) is 4.74. The first-order valence-corrected chi connectivity index (χ1v) is 10.2. The molecule has 0 radical (unpaired) electrons. The highest BCUT2D eigenvalue weighted by atomic mass is 35.5. The lowest BCUT2D eigenvalue weighted by atomic mass is 10.1. The zero-order valence-electron chi connectivity index (χ0n) is 17.9. The zero-order chi connectivity index (χ0) is 22.5. The van der Waals surface area contributed by atoms with E-state index < -0.39 is 12.1 Å². The van der Waals surface area contributed by atoms with Crippen molar-refractivity contribution in [2.75, 3.05) is 5.32 Å². The van der Waals surface area contributed by atoms with Gasteiger partial charge in [-0.15, -0.1) is 0 Å². The molecule has 0 aromatic heterocycles. The molecule has 0 spiro atoms. The predicted octanol–water partition coefficient (Wildman–Crippen LogP) is 5.89. The Labute approximate surface area is 187 Å². The van der Waals surface area contributed by atoms with E-state index in [0.717, 1.165) is 22.4 Å². The first kappa shape index (κ1) is 22.4. The number of hydrogen-bond donors (Lipinski definition) is 1. The van der Waals surface area contributed by atoms with Crippen molar-refractivity contribution in [2.24, 2.45) is 0 Å². The number of ether oxygens (including phenoxy) is 2. The Morgan fingerprint density at radius 3 is 2.19 bits per heavy atom. The molecule has 3 aromatic carbocycles. The molecule has 0 aliphatic heterocycles. The minimum absolute atomic E-state index is 0.236. The SMILES string of the molecule is Cc1ccc(NC(=O)c2ccc(OC(=O)C(C)Oc3ccc(Cl)c(C)c3)cc2)c(C)c1. The monoisotopic (exact) mass is 437 g/mol. The van der Waals surface area contributed by atoms with Crippen LogP contribution in [0.2, 0.25) is 5.02 Å². The summed E-state index contributed by atoms with van der Waals surface area (Å²) in [6, 6.07) is 17.4. The molecule has 1 amide bonds. The molecule has 160 valence electrons. The highest BCUT2D eigenvalue weighted by Gasteiger charge is 2.18. The summed E-state index contributed by atoms with van der Waals surface area (Å²) in [5.41, 5.74) is 4.19. The summed E-state index contributed by atoms with van der Waals surface area (Å²) in [7, 11) is 0. The van der Waals surface area contributed by atoms with Gasteiger partial charge < -0.3 is 14.8 Å². The molecule has 0 fully saturated rings. The Bertz CT molecular complexity index is 1110. The quantitative estimate of drug-likeness (QED) is 0.385. The van der Waals surface area contributed by atoms with Gasteiger partial charge in [0.15, 0.2) is 6.10 Å². The van der Waals surface area contributed by atoms with E-state index in [9.17, 15) is 9.59 Å². The number of anilines is 1. The van der Waals surface area contributed by atoms with Crippen LogP contribution in [0.4, 0.5) is 5.69 Å². The third kappa shape index (κ3) is 5.86. The maximum Gasteiger partial charge on any atom is 0.352 e. The van der Waals surface area contributed by atoms with Crippen LogP contribution in [0.25, 0.3) is 0 Å². The Balaban J connectivity index is 1.59. The summed E-state index contributed by atoms with van der Waals surface area (Å²) < 4.78 is 11.0. The molecule has 0 bridgehead atoms. The van der Waals surface area contributed by atoms with E-state index >= 15 is 0 Å². The minimum Gasteiger partial charge on any atom is -0.479 e. The number of carbonyl (C=O) groups excluding carboxylic acids is 2. The molecule has 0 saturated carbocycles. The largest absolute Gasteiger partial charge is 0.479 e. The fraction of sp³-hybridized carbons (Fsp3) is 0.200. The smallest absolute Gasteiger partial charge is 0.352 e. The van der Waals surface area contributed by atoms with E-state index in [0.29, 0.717) is 22.1 Å². The van der Waals surface area contributed by atoms with E-state index in [1.807, 2.05) is 39.0 Å². The van der Waals surface area contributed by atoms with Crippen LogP contribution in [0, 0.1) is 20.8 Å². The molecular weight excluding hydrogens is 414 g/mol. The van der Waals surface area contributed by atoms with Gasteiger partial charge >= 0.3 is 5.97 Å². The normalized spacial score (nSPS) is 11.5. The number of rotatable bonds is 6. The van der Waals surface area contributed by atoms with Gasteiger partial charge in [-0.05, 0) is 87.4 Å². The third-order valence-corrected chi connectivity index (χ3v) is 5.16. The van der Waals surface area contributed by atoms with Gasteiger partial charge in [0.25, 0.3) is 5.91 Å². The van der Waals surface area contributed by atoms with E-state index in [-0.39, 0.29) is 5.91 Å². The van der Waals surface area contributed by atoms with E-state index in [4.69, 9.17) is 21.1 Å². The standard InChI is InChI=1S/C25H24ClNO4/c1-15-5-12-23(17(3)13-15)27-24(28)19-6-8-20(9-7-19)31-25(29)18(4)30-21-10-11-22(26)16(2)14-21/h5-14,18H,1-4H3,(H,27,28). The van der Waals surface area contributed by atoms with Gasteiger partial charge in [-0.3, -0.25) is 4.79 Å². The molecule has 0 aliphatic carbocycles. The van der Waals surface area contributed by atoms with Crippen molar-refractivity contribution >= 4 is 29.2 Å². The van der Waals surface area contributed by atoms with Crippen LogP contribution >= 0.6 is 11.6 Å². The predicted molar refractivity (Wildman–Crippen MR) is 122 cm³/mol. The molecule has 31 heavy (non-hydrogen) atoms. The van der Waals surface area contributed by atoms with Crippen LogP contribution in [0.5, 0.6) is 11.5 Å². The highest BCUT2D eigenvalue weighted by molar-refractivity contribution is 6.31. The van der Waals surface area contributed by atoms with Gasteiger partial charge in [0.2, 0.25) is 0 Å². The number of halogens is 1. The molecule has 0 saturated heterocycles. The van der Waals surface area contributed by atoms with Crippen molar-refractivity contribution in [2.45, 2.75) is 33.8 Å². The molecule has 1 unspecified atom stereocenters. The van der Waals surface area contributed by atoms with Crippen molar-refractivity contribution in [1.82, 2.24) is 0 Å². The highest BCUT2D eigenvalue weighted by Crippen LogP contribution is 2.23. The Morgan fingerprint density at radius 2 is 1.55 bits per heavy atom. The molecule has 0 heterocycles. The number of esters is 1. The van der Waals surface area contributed by atoms with Crippen LogP contribution in [0.3, 0.4) is 0 Å². The number of aryl methyl sites for hydroxylation is 3. The molecule has 6 heteroatoms. The molecule has 0 aliphatic rings. The Morgan fingerprint density at radius 1 is 0.871 bits per heavy atom. The second-order valence-electron chi connectivity index (χ2n) is 7.39. The summed E-state index contributed by atoms with van der Waals surface area (Å²) in [5, 5.41) is 3.52. The second kappa shape index (κ2) is 9.67. The number of nitrogens with one attached hydrogen (secondary N) is 1. The lowest BCUT2D eigenvalue weighted by Crippen LogP contribution is -2.28. The summed E-state index contributed by atoms with van der Waals surface area (Å²) in [4.78, 5) is 24.8. The molecule has 3 aromatic rings. The number of benzene rings is 3. The van der Waals surface area contributed by atoms with Crippen LogP contribution in [0.15, 0.2) is 60.7 Å². The average Bonchev–Trinajstić information content (AvgIpc) is 2.73. The Kier molecular flexibility index (Phi) is 6.98. The first-order chi connectivity index (χ1) is 14.7. The summed E-state index contributed by atoms with van der Waals surface area (Å²) in [5.74, 6) is 0.0836. The first-order valence-electron chi connectivity index (χ1n) is 9.86. The maximum atomic E-state index is 12.5. The second-order valence-corrected chi connectivity index (χ2v) is 7.80. The lowest BCUT2D eigenvalue weighted by Gasteiger charge is -2.15. The summed E-state index contributed by atoms with van der Waals surface area (Å²) in [6.07, 6.45) is -0.812. The van der Waals surface area contributed by atoms with Crippen LogP contribution < -0.4 is 14.8 Å². The molecule has 5 nitrogen and oxygen atoms in total.